The predicted molar refractivity (Wildman–Crippen MR) is 70.6 cm³/mol. The van der Waals surface area contributed by atoms with Gasteiger partial charge in [-0.3, -0.25) is 4.79 Å². The standard InChI is InChI=1S/C12H9F3N3OP/c1-6(19)10-7(16)5-8-11(10)12(20(13,14)15)17-9-3-2-4-18(8)9/h2-4H,5H2,1H3,(H-,16,19)/p+1. The van der Waals surface area contributed by atoms with Crippen LogP contribution in [0, 0.1) is 0 Å². The van der Waals surface area contributed by atoms with Gasteiger partial charge in [0.05, 0.1) is 11.1 Å². The highest BCUT2D eigenvalue weighted by molar-refractivity contribution is 7.68. The topological polar surface area (TPSA) is 60.4 Å². The van der Waals surface area contributed by atoms with Crippen molar-refractivity contribution in [2.45, 2.75) is 13.3 Å². The molecule has 0 unspecified atom stereocenters. The number of hydrogen-bond acceptors (Lipinski definition) is 3. The van der Waals surface area contributed by atoms with Crippen LogP contribution in [0.2, 0.25) is 0 Å². The number of aromatic nitrogens is 2. The molecule has 1 aliphatic carbocycles. The van der Waals surface area contributed by atoms with Gasteiger partial charge in [0.1, 0.15) is 5.65 Å². The fourth-order valence-corrected chi connectivity index (χ4v) is 3.26. The molecule has 8 heteroatoms. The maximum atomic E-state index is 13.3. The number of nitrogens with zero attached hydrogens (tertiary/aromatic N) is 2. The molecule has 0 saturated carbocycles. The van der Waals surface area contributed by atoms with Crippen LogP contribution in [0.4, 0.5) is 12.6 Å². The Bertz CT molecular complexity index is 776. The number of allylic oxidation sites excluding steroid dienone is 2. The molecule has 2 aromatic heterocycles. The molecule has 0 aliphatic heterocycles. The molecule has 0 atom stereocenters. The summed E-state index contributed by atoms with van der Waals surface area (Å²) in [4.78, 5) is 15.3. The highest BCUT2D eigenvalue weighted by Gasteiger charge is 2.54. The monoisotopic (exact) mass is 300 g/mol. The smallest absolute Gasteiger partial charge is 0.401 e. The van der Waals surface area contributed by atoms with Gasteiger partial charge in [-0.2, -0.15) is 4.98 Å². The number of carbonyl (C=O) groups is 1. The first-order valence-electron chi connectivity index (χ1n) is 5.79. The molecular formula is C12H10F3N3OP+. The van der Waals surface area contributed by atoms with Crippen molar-refractivity contribution in [3.05, 3.63) is 35.3 Å². The number of fused-ring (bicyclic) bond motifs is 3. The zero-order valence-corrected chi connectivity index (χ0v) is 11.3. The zero-order chi connectivity index (χ0) is 14.7. The van der Waals surface area contributed by atoms with Crippen molar-refractivity contribution < 1.29 is 17.4 Å². The molecule has 3 rings (SSSR count). The van der Waals surface area contributed by atoms with Crippen molar-refractivity contribution in [3.8, 4) is 0 Å². The van der Waals surface area contributed by atoms with Gasteiger partial charge >= 0.3 is 13.6 Å². The molecule has 0 radical (unpaired) electrons. The Morgan fingerprint density at radius 2 is 2.15 bits per heavy atom. The van der Waals surface area contributed by atoms with Crippen LogP contribution in [0.3, 0.4) is 0 Å². The Labute approximate surface area is 112 Å². The number of hydrogen-bond donors (Lipinski definition) is 1. The van der Waals surface area contributed by atoms with Crippen LogP contribution in [0.25, 0.3) is 11.2 Å². The molecule has 2 aromatic rings. The molecule has 0 aromatic carbocycles. The van der Waals surface area contributed by atoms with E-state index in [1.165, 1.54) is 13.0 Å². The first-order chi connectivity index (χ1) is 9.30. The summed E-state index contributed by atoms with van der Waals surface area (Å²) in [6.07, 6.45) is 1.75. The molecule has 0 spiro atoms. The van der Waals surface area contributed by atoms with Crippen LogP contribution >= 0.6 is 8.19 Å². The summed E-state index contributed by atoms with van der Waals surface area (Å²) in [5, 5.41) is 0. The number of rotatable bonds is 2. The Hall–Kier alpha value is -1.88. The lowest BCUT2D eigenvalue weighted by atomic mass is 10.1. The Balaban J connectivity index is 2.43. The van der Waals surface area contributed by atoms with Gasteiger partial charge < -0.3 is 10.1 Å². The number of Topliss-reactive ketones (excluding diaryl/α,β-unsaturated/α-hetero) is 1. The first-order valence-corrected chi connectivity index (χ1v) is 7.25. The van der Waals surface area contributed by atoms with Crippen molar-refractivity contribution in [2.24, 2.45) is 5.73 Å². The third kappa shape index (κ3) is 1.73. The maximum Gasteiger partial charge on any atom is 0.620 e. The number of ketones is 1. The highest BCUT2D eigenvalue weighted by atomic mass is 31.3. The van der Waals surface area contributed by atoms with Crippen molar-refractivity contribution in [2.75, 3.05) is 0 Å². The summed E-state index contributed by atoms with van der Waals surface area (Å²) >= 11 is 0. The van der Waals surface area contributed by atoms with E-state index in [0.717, 1.165) is 0 Å². The van der Waals surface area contributed by atoms with Crippen LogP contribution in [-0.4, -0.2) is 15.2 Å². The maximum absolute atomic E-state index is 13.3. The molecule has 0 bridgehead atoms. The lowest BCUT2D eigenvalue weighted by Crippen LogP contribution is -2.18. The van der Waals surface area contributed by atoms with Gasteiger partial charge in [0.15, 0.2) is 5.78 Å². The minimum absolute atomic E-state index is 0.0459. The van der Waals surface area contributed by atoms with Crippen LogP contribution < -0.4 is 11.2 Å². The van der Waals surface area contributed by atoms with Crippen molar-refractivity contribution in [1.82, 2.24) is 9.38 Å². The van der Waals surface area contributed by atoms with Crippen LogP contribution in [0.5, 0.6) is 0 Å². The molecule has 104 valence electrons. The van der Waals surface area contributed by atoms with E-state index >= 15 is 0 Å². The SMILES string of the molecule is CC(=O)C1=C(N)Cc2c1c([P+](F)(F)F)nc1cccn21. The average molecular weight is 300 g/mol. The van der Waals surface area contributed by atoms with Crippen molar-refractivity contribution >= 4 is 30.6 Å². The molecule has 0 amide bonds. The van der Waals surface area contributed by atoms with Gasteiger partial charge in [-0.15, -0.1) is 0 Å². The number of nitrogens with two attached hydrogens (primary N) is 1. The second-order valence-corrected chi connectivity index (χ2v) is 5.89. The van der Waals surface area contributed by atoms with E-state index in [9.17, 15) is 17.4 Å². The lowest BCUT2D eigenvalue weighted by molar-refractivity contribution is -0.111. The molecule has 20 heavy (non-hydrogen) atoms. The molecule has 4 nitrogen and oxygen atoms in total. The van der Waals surface area contributed by atoms with Crippen LogP contribution in [-0.2, 0) is 11.2 Å². The fourth-order valence-electron chi connectivity index (χ4n) is 2.55. The number of carbonyl (C=O) groups excluding carboxylic acids is 1. The Morgan fingerprint density at radius 3 is 2.75 bits per heavy atom. The summed E-state index contributed by atoms with van der Waals surface area (Å²) in [5.41, 5.74) is 5.41. The molecule has 2 N–H and O–H groups in total. The van der Waals surface area contributed by atoms with E-state index in [1.54, 1.807) is 16.7 Å². The predicted octanol–water partition coefficient (Wildman–Crippen LogP) is 2.45. The normalized spacial score (nSPS) is 15.0. The van der Waals surface area contributed by atoms with E-state index in [2.05, 4.69) is 4.98 Å². The summed E-state index contributed by atoms with van der Waals surface area (Å²) in [6, 6.07) is 3.12. The van der Waals surface area contributed by atoms with Crippen LogP contribution in [0.15, 0.2) is 24.0 Å². The molecule has 1 aliphatic rings. The summed E-state index contributed by atoms with van der Waals surface area (Å²) < 4.78 is 41.5. The van der Waals surface area contributed by atoms with Gasteiger partial charge in [-0.1, -0.05) is 0 Å². The highest BCUT2D eigenvalue weighted by Crippen LogP contribution is 2.64. The summed E-state index contributed by atoms with van der Waals surface area (Å²) in [5.74, 6) is -0.468. The lowest BCUT2D eigenvalue weighted by Gasteiger charge is -2.08. The fraction of sp³-hybridized carbons (Fsp3) is 0.167. The van der Waals surface area contributed by atoms with Gasteiger partial charge in [-0.25, -0.2) is 0 Å². The quantitative estimate of drug-likeness (QED) is 0.867. The zero-order valence-electron chi connectivity index (χ0n) is 10.4. The molecule has 2 heterocycles. The van der Waals surface area contributed by atoms with Crippen LogP contribution in [0.1, 0.15) is 18.2 Å². The van der Waals surface area contributed by atoms with E-state index in [1.807, 2.05) is 0 Å². The number of halogens is 3. The Morgan fingerprint density at radius 1 is 1.45 bits per heavy atom. The first kappa shape index (κ1) is 13.1. The minimum atomic E-state index is -5.86. The third-order valence-corrected chi connectivity index (χ3v) is 4.08. The average Bonchev–Trinajstić information content (AvgIpc) is 2.88. The van der Waals surface area contributed by atoms with E-state index in [4.69, 9.17) is 5.73 Å². The van der Waals surface area contributed by atoms with E-state index in [-0.39, 0.29) is 28.9 Å². The van der Waals surface area contributed by atoms with Gasteiger partial charge in [-0.05, 0) is 19.1 Å². The Kier molecular flexibility index (Phi) is 2.66. The van der Waals surface area contributed by atoms with Gasteiger partial charge in [0.25, 0.3) is 0 Å². The third-order valence-electron chi connectivity index (χ3n) is 3.27. The van der Waals surface area contributed by atoms with Gasteiger partial charge in [0.2, 0.25) is 0 Å². The summed E-state index contributed by atoms with van der Waals surface area (Å²) in [6.45, 7) is 1.22. The second kappa shape index (κ2) is 4.06. The molecule has 0 fully saturated rings. The summed E-state index contributed by atoms with van der Waals surface area (Å²) in [7, 11) is -5.86. The van der Waals surface area contributed by atoms with E-state index in [0.29, 0.717) is 5.69 Å². The van der Waals surface area contributed by atoms with E-state index < -0.39 is 19.4 Å². The second-order valence-electron chi connectivity index (χ2n) is 4.57. The van der Waals surface area contributed by atoms with Gasteiger partial charge in [0, 0.05) is 36.6 Å². The largest absolute Gasteiger partial charge is 0.620 e. The molecule has 0 saturated heterocycles. The molecular weight excluding hydrogens is 290 g/mol. The van der Waals surface area contributed by atoms with Crippen molar-refractivity contribution in [1.29, 1.82) is 0 Å². The van der Waals surface area contributed by atoms with Crippen molar-refractivity contribution in [3.63, 3.8) is 0 Å². The minimum Gasteiger partial charge on any atom is -0.401 e.